The lowest BCUT2D eigenvalue weighted by Gasteiger charge is -2.27. The second-order valence-electron chi connectivity index (χ2n) is 6.33. The van der Waals surface area contributed by atoms with Crippen molar-refractivity contribution in [2.75, 3.05) is 0 Å². The molecular formula is C22H23N3O. The molecule has 0 aliphatic carbocycles. The molecule has 132 valence electrons. The van der Waals surface area contributed by atoms with Crippen molar-refractivity contribution in [2.45, 2.75) is 32.9 Å². The molecule has 3 aromatic rings. The van der Waals surface area contributed by atoms with E-state index in [4.69, 9.17) is 0 Å². The van der Waals surface area contributed by atoms with E-state index in [1.807, 2.05) is 59.5 Å². The zero-order valence-corrected chi connectivity index (χ0v) is 15.2. The largest absolute Gasteiger partial charge is 0.332 e. The SMILES string of the molecule is CCC(C)N(Cc1ccccc1)C(=O)/C=C/c1cnc2ccccc2n1. The van der Waals surface area contributed by atoms with Gasteiger partial charge in [-0.15, -0.1) is 0 Å². The highest BCUT2D eigenvalue weighted by atomic mass is 16.2. The van der Waals surface area contributed by atoms with Crippen molar-refractivity contribution in [2.24, 2.45) is 0 Å². The Morgan fingerprint density at radius 3 is 2.50 bits per heavy atom. The van der Waals surface area contributed by atoms with E-state index in [0.29, 0.717) is 12.2 Å². The summed E-state index contributed by atoms with van der Waals surface area (Å²) in [5.74, 6) is -0.0156. The van der Waals surface area contributed by atoms with Gasteiger partial charge in [0.1, 0.15) is 0 Å². The number of nitrogens with zero attached hydrogens (tertiary/aromatic N) is 3. The van der Waals surface area contributed by atoms with Crippen LogP contribution in [0.4, 0.5) is 0 Å². The third-order valence-electron chi connectivity index (χ3n) is 4.47. The van der Waals surface area contributed by atoms with Crippen molar-refractivity contribution in [3.8, 4) is 0 Å². The van der Waals surface area contributed by atoms with Gasteiger partial charge in [-0.05, 0) is 37.1 Å². The Morgan fingerprint density at radius 1 is 1.08 bits per heavy atom. The van der Waals surface area contributed by atoms with Gasteiger partial charge < -0.3 is 4.90 Å². The highest BCUT2D eigenvalue weighted by Crippen LogP contribution is 2.13. The van der Waals surface area contributed by atoms with Gasteiger partial charge in [-0.1, -0.05) is 49.4 Å². The lowest BCUT2D eigenvalue weighted by molar-refractivity contribution is -0.128. The first kappa shape index (κ1) is 17.8. The van der Waals surface area contributed by atoms with Gasteiger partial charge in [-0.25, -0.2) is 4.98 Å². The van der Waals surface area contributed by atoms with Crippen LogP contribution in [0.15, 0.2) is 66.9 Å². The summed E-state index contributed by atoms with van der Waals surface area (Å²) in [4.78, 5) is 23.6. The van der Waals surface area contributed by atoms with Gasteiger partial charge >= 0.3 is 0 Å². The standard InChI is InChI=1S/C22H23N3O/c1-3-17(2)25(16-18-9-5-4-6-10-18)22(26)14-13-19-15-23-20-11-7-8-12-21(20)24-19/h4-15,17H,3,16H2,1-2H3/b14-13+. The van der Waals surface area contributed by atoms with Crippen LogP contribution < -0.4 is 0 Å². The summed E-state index contributed by atoms with van der Waals surface area (Å²) in [6.07, 6.45) is 5.93. The second kappa shape index (κ2) is 8.39. The van der Waals surface area contributed by atoms with Crippen LogP contribution >= 0.6 is 0 Å². The molecule has 0 saturated carbocycles. The molecule has 0 bridgehead atoms. The maximum absolute atomic E-state index is 12.8. The number of amides is 1. The Morgan fingerprint density at radius 2 is 1.77 bits per heavy atom. The fourth-order valence-corrected chi connectivity index (χ4v) is 2.76. The molecule has 1 unspecified atom stereocenters. The van der Waals surface area contributed by atoms with Crippen LogP contribution in [0.25, 0.3) is 17.1 Å². The molecule has 1 heterocycles. The third-order valence-corrected chi connectivity index (χ3v) is 4.47. The van der Waals surface area contributed by atoms with Crippen molar-refractivity contribution in [3.05, 3.63) is 78.1 Å². The molecule has 3 rings (SSSR count). The third kappa shape index (κ3) is 4.33. The van der Waals surface area contributed by atoms with Crippen LogP contribution in [0.5, 0.6) is 0 Å². The van der Waals surface area contributed by atoms with E-state index in [1.165, 1.54) is 0 Å². The topological polar surface area (TPSA) is 46.1 Å². The van der Waals surface area contributed by atoms with Gasteiger partial charge in [0.25, 0.3) is 0 Å². The van der Waals surface area contributed by atoms with Gasteiger partial charge in [0.2, 0.25) is 5.91 Å². The number of aromatic nitrogens is 2. The molecule has 4 nitrogen and oxygen atoms in total. The molecule has 1 aromatic heterocycles. The van der Waals surface area contributed by atoms with Crippen molar-refractivity contribution in [1.82, 2.24) is 14.9 Å². The summed E-state index contributed by atoms with van der Waals surface area (Å²) < 4.78 is 0. The maximum atomic E-state index is 12.8. The Labute approximate surface area is 154 Å². The van der Waals surface area contributed by atoms with Crippen molar-refractivity contribution >= 4 is 23.0 Å². The molecule has 0 radical (unpaired) electrons. The molecule has 4 heteroatoms. The first-order valence-corrected chi connectivity index (χ1v) is 8.91. The average Bonchev–Trinajstić information content (AvgIpc) is 2.70. The minimum Gasteiger partial charge on any atom is -0.332 e. The monoisotopic (exact) mass is 345 g/mol. The lowest BCUT2D eigenvalue weighted by Crippen LogP contribution is -2.36. The molecule has 0 aliphatic rings. The highest BCUT2D eigenvalue weighted by molar-refractivity contribution is 5.92. The number of hydrogen-bond donors (Lipinski definition) is 0. The summed E-state index contributed by atoms with van der Waals surface area (Å²) in [7, 11) is 0. The lowest BCUT2D eigenvalue weighted by atomic mass is 10.1. The van der Waals surface area contributed by atoms with Crippen LogP contribution in [0, 0.1) is 0 Å². The van der Waals surface area contributed by atoms with Gasteiger partial charge in [0.05, 0.1) is 22.9 Å². The minimum absolute atomic E-state index is 0.0156. The minimum atomic E-state index is -0.0156. The fourth-order valence-electron chi connectivity index (χ4n) is 2.76. The van der Waals surface area contributed by atoms with Gasteiger partial charge in [-0.2, -0.15) is 0 Å². The smallest absolute Gasteiger partial charge is 0.247 e. The zero-order chi connectivity index (χ0) is 18.4. The van der Waals surface area contributed by atoms with Crippen LogP contribution in [0.2, 0.25) is 0 Å². The number of para-hydroxylation sites is 2. The van der Waals surface area contributed by atoms with Crippen molar-refractivity contribution < 1.29 is 4.79 Å². The predicted molar refractivity (Wildman–Crippen MR) is 105 cm³/mol. The highest BCUT2D eigenvalue weighted by Gasteiger charge is 2.17. The van der Waals surface area contributed by atoms with Crippen LogP contribution in [-0.2, 0) is 11.3 Å². The Kier molecular flexibility index (Phi) is 5.74. The molecule has 1 amide bonds. The normalized spacial score (nSPS) is 12.4. The van der Waals surface area contributed by atoms with E-state index in [9.17, 15) is 4.79 Å². The molecule has 0 fully saturated rings. The quantitative estimate of drug-likeness (QED) is 0.619. The summed E-state index contributed by atoms with van der Waals surface area (Å²) in [5.41, 5.74) is 3.48. The number of benzene rings is 2. The van der Waals surface area contributed by atoms with E-state index >= 15 is 0 Å². The molecule has 0 aliphatic heterocycles. The Hall–Kier alpha value is -3.01. The number of rotatable bonds is 6. The van der Waals surface area contributed by atoms with E-state index in [2.05, 4.69) is 23.8 Å². The van der Waals surface area contributed by atoms with E-state index < -0.39 is 0 Å². The van der Waals surface area contributed by atoms with Gasteiger partial charge in [0.15, 0.2) is 0 Å². The molecule has 0 N–H and O–H groups in total. The summed E-state index contributed by atoms with van der Waals surface area (Å²) in [6.45, 7) is 4.77. The second-order valence-corrected chi connectivity index (χ2v) is 6.33. The Bertz CT molecular complexity index is 905. The zero-order valence-electron chi connectivity index (χ0n) is 15.2. The molecule has 1 atom stereocenters. The average molecular weight is 345 g/mol. The number of hydrogen-bond acceptors (Lipinski definition) is 3. The van der Waals surface area contributed by atoms with Crippen LogP contribution in [-0.4, -0.2) is 26.8 Å². The summed E-state index contributed by atoms with van der Waals surface area (Å²) >= 11 is 0. The number of carbonyl (C=O) groups excluding carboxylic acids is 1. The van der Waals surface area contributed by atoms with Crippen molar-refractivity contribution in [3.63, 3.8) is 0 Å². The number of fused-ring (bicyclic) bond motifs is 1. The van der Waals surface area contributed by atoms with Crippen LogP contribution in [0.3, 0.4) is 0 Å². The van der Waals surface area contributed by atoms with Crippen LogP contribution in [0.1, 0.15) is 31.5 Å². The molecule has 26 heavy (non-hydrogen) atoms. The number of carbonyl (C=O) groups is 1. The molecule has 0 saturated heterocycles. The van der Waals surface area contributed by atoms with E-state index in [1.54, 1.807) is 18.3 Å². The molecular weight excluding hydrogens is 322 g/mol. The van der Waals surface area contributed by atoms with Crippen molar-refractivity contribution in [1.29, 1.82) is 0 Å². The fraction of sp³-hybridized carbons (Fsp3) is 0.227. The first-order chi connectivity index (χ1) is 12.7. The molecule has 2 aromatic carbocycles. The summed E-state index contributed by atoms with van der Waals surface area (Å²) in [6, 6.07) is 17.9. The maximum Gasteiger partial charge on any atom is 0.247 e. The van der Waals surface area contributed by atoms with Gasteiger partial charge in [-0.3, -0.25) is 9.78 Å². The van der Waals surface area contributed by atoms with Gasteiger partial charge in [0, 0.05) is 18.7 Å². The van der Waals surface area contributed by atoms with E-state index in [-0.39, 0.29) is 11.9 Å². The van der Waals surface area contributed by atoms with E-state index in [0.717, 1.165) is 23.0 Å². The summed E-state index contributed by atoms with van der Waals surface area (Å²) in [5, 5.41) is 0. The predicted octanol–water partition coefficient (Wildman–Crippen LogP) is 4.47. The Balaban J connectivity index is 1.78. The molecule has 0 spiro atoms. The first-order valence-electron chi connectivity index (χ1n) is 8.91.